The number of carbonyl (C=O) groups excluding carboxylic acids is 2. The molecule has 1 saturated heterocycles. The van der Waals surface area contributed by atoms with Crippen LogP contribution in [-0.4, -0.2) is 36.4 Å². The molecule has 0 bridgehead atoms. The highest BCUT2D eigenvalue weighted by Crippen LogP contribution is 2.18. The van der Waals surface area contributed by atoms with Gasteiger partial charge in [-0.3, -0.25) is 14.6 Å². The standard InChI is InChI=1S/C26H28N4O2/c31-25(23-6-4-21(5-7-23)22-10-14-28-15-11-22)30-18-20-2-1-3-24(16-20)26(32)29-17-19-8-12-27-13-9-19/h1-7,10-11,14-16,19,27H,8-9,12-13,17-18H2,(H,29,32)(H,30,31). The summed E-state index contributed by atoms with van der Waals surface area (Å²) < 4.78 is 0. The van der Waals surface area contributed by atoms with Gasteiger partial charge in [0.05, 0.1) is 0 Å². The first-order valence-electron chi connectivity index (χ1n) is 11.1. The van der Waals surface area contributed by atoms with E-state index in [0.717, 1.165) is 42.6 Å². The normalized spacial score (nSPS) is 14.0. The number of nitrogens with zero attached hydrogens (tertiary/aromatic N) is 1. The number of pyridine rings is 1. The van der Waals surface area contributed by atoms with E-state index < -0.39 is 0 Å². The largest absolute Gasteiger partial charge is 0.352 e. The third-order valence-corrected chi connectivity index (χ3v) is 5.81. The van der Waals surface area contributed by atoms with Crippen molar-refractivity contribution in [1.29, 1.82) is 0 Å². The van der Waals surface area contributed by atoms with Crippen molar-refractivity contribution in [1.82, 2.24) is 20.9 Å². The molecule has 32 heavy (non-hydrogen) atoms. The molecule has 0 aliphatic carbocycles. The van der Waals surface area contributed by atoms with Crippen LogP contribution in [-0.2, 0) is 6.54 Å². The maximum atomic E-state index is 12.6. The van der Waals surface area contributed by atoms with Crippen molar-refractivity contribution >= 4 is 11.8 Å². The molecule has 1 fully saturated rings. The molecule has 3 aromatic rings. The van der Waals surface area contributed by atoms with E-state index in [0.29, 0.717) is 30.1 Å². The van der Waals surface area contributed by atoms with Gasteiger partial charge in [0.15, 0.2) is 0 Å². The number of hydrogen-bond donors (Lipinski definition) is 3. The molecular formula is C26H28N4O2. The molecule has 0 unspecified atom stereocenters. The Bertz CT molecular complexity index is 1040. The van der Waals surface area contributed by atoms with Crippen LogP contribution in [0.15, 0.2) is 73.1 Å². The highest BCUT2D eigenvalue weighted by atomic mass is 16.2. The van der Waals surface area contributed by atoms with Crippen molar-refractivity contribution < 1.29 is 9.59 Å². The lowest BCUT2D eigenvalue weighted by atomic mass is 9.98. The van der Waals surface area contributed by atoms with Crippen molar-refractivity contribution in [3.05, 3.63) is 89.7 Å². The van der Waals surface area contributed by atoms with Crippen LogP contribution >= 0.6 is 0 Å². The highest BCUT2D eigenvalue weighted by Gasteiger charge is 2.15. The number of aromatic nitrogens is 1. The number of carbonyl (C=O) groups is 2. The summed E-state index contributed by atoms with van der Waals surface area (Å²) in [4.78, 5) is 29.1. The minimum absolute atomic E-state index is 0.0663. The van der Waals surface area contributed by atoms with Crippen molar-refractivity contribution in [2.45, 2.75) is 19.4 Å². The molecule has 3 N–H and O–H groups in total. The molecule has 0 spiro atoms. The SMILES string of the molecule is O=C(NCc1cccc(C(=O)NCC2CCNCC2)c1)c1ccc(-c2ccncc2)cc1. The van der Waals surface area contributed by atoms with Crippen LogP contribution in [0.5, 0.6) is 0 Å². The maximum absolute atomic E-state index is 12.6. The molecule has 164 valence electrons. The van der Waals surface area contributed by atoms with Crippen molar-refractivity contribution in [2.24, 2.45) is 5.92 Å². The van der Waals surface area contributed by atoms with E-state index in [4.69, 9.17) is 0 Å². The number of nitrogens with one attached hydrogen (secondary N) is 3. The lowest BCUT2D eigenvalue weighted by Gasteiger charge is -2.22. The Morgan fingerprint density at radius 3 is 2.28 bits per heavy atom. The first-order chi connectivity index (χ1) is 15.7. The summed E-state index contributed by atoms with van der Waals surface area (Å²) >= 11 is 0. The van der Waals surface area contributed by atoms with Crippen LogP contribution in [0.3, 0.4) is 0 Å². The topological polar surface area (TPSA) is 83.1 Å². The maximum Gasteiger partial charge on any atom is 0.251 e. The number of benzene rings is 2. The third kappa shape index (κ3) is 5.80. The van der Waals surface area contributed by atoms with Gasteiger partial charge in [0, 0.05) is 36.6 Å². The van der Waals surface area contributed by atoms with Gasteiger partial charge in [0.2, 0.25) is 0 Å². The molecule has 0 saturated carbocycles. The van der Waals surface area contributed by atoms with Gasteiger partial charge >= 0.3 is 0 Å². The second-order valence-corrected chi connectivity index (χ2v) is 8.10. The summed E-state index contributed by atoms with van der Waals surface area (Å²) in [6.07, 6.45) is 5.68. The predicted octanol–water partition coefficient (Wildman–Crippen LogP) is 3.41. The van der Waals surface area contributed by atoms with Gasteiger partial charge in [-0.05, 0) is 84.9 Å². The second-order valence-electron chi connectivity index (χ2n) is 8.10. The van der Waals surface area contributed by atoms with Crippen molar-refractivity contribution in [2.75, 3.05) is 19.6 Å². The van der Waals surface area contributed by atoms with Gasteiger partial charge in [0.25, 0.3) is 11.8 Å². The zero-order valence-corrected chi connectivity index (χ0v) is 18.0. The van der Waals surface area contributed by atoms with Gasteiger partial charge in [-0.1, -0.05) is 24.3 Å². The Morgan fingerprint density at radius 2 is 1.53 bits per heavy atom. The number of piperidine rings is 1. The van der Waals surface area contributed by atoms with Crippen molar-refractivity contribution in [3.8, 4) is 11.1 Å². The van der Waals surface area contributed by atoms with Crippen LogP contribution in [0.25, 0.3) is 11.1 Å². The molecule has 1 aliphatic heterocycles. The molecule has 2 heterocycles. The first kappa shape index (κ1) is 21.7. The van der Waals surface area contributed by atoms with Crippen LogP contribution in [0.1, 0.15) is 39.1 Å². The Labute approximate surface area is 188 Å². The number of amides is 2. The average Bonchev–Trinajstić information content (AvgIpc) is 2.87. The zero-order valence-electron chi connectivity index (χ0n) is 18.0. The molecule has 0 radical (unpaired) electrons. The fraction of sp³-hybridized carbons (Fsp3) is 0.269. The van der Waals surface area contributed by atoms with E-state index in [1.165, 1.54) is 0 Å². The first-order valence-corrected chi connectivity index (χ1v) is 11.1. The van der Waals surface area contributed by atoms with Crippen LogP contribution in [0, 0.1) is 5.92 Å². The summed E-state index contributed by atoms with van der Waals surface area (Å²) in [7, 11) is 0. The molecule has 2 amide bonds. The molecule has 6 heteroatoms. The zero-order chi connectivity index (χ0) is 22.2. The number of rotatable bonds is 7. The minimum atomic E-state index is -0.146. The number of hydrogen-bond acceptors (Lipinski definition) is 4. The van der Waals surface area contributed by atoms with Gasteiger partial charge in [-0.2, -0.15) is 0 Å². The lowest BCUT2D eigenvalue weighted by molar-refractivity contribution is 0.0941. The molecule has 1 aromatic heterocycles. The van der Waals surface area contributed by atoms with Crippen LogP contribution in [0.2, 0.25) is 0 Å². The van der Waals surface area contributed by atoms with E-state index >= 15 is 0 Å². The van der Waals surface area contributed by atoms with Crippen LogP contribution in [0.4, 0.5) is 0 Å². The Hall–Kier alpha value is -3.51. The average molecular weight is 429 g/mol. The van der Waals surface area contributed by atoms with Crippen molar-refractivity contribution in [3.63, 3.8) is 0 Å². The second kappa shape index (κ2) is 10.7. The molecular weight excluding hydrogens is 400 g/mol. The van der Waals surface area contributed by atoms with E-state index in [1.807, 2.05) is 54.6 Å². The van der Waals surface area contributed by atoms with E-state index in [2.05, 4.69) is 20.9 Å². The summed E-state index contributed by atoms with van der Waals surface area (Å²) in [5, 5.41) is 9.32. The van der Waals surface area contributed by atoms with Gasteiger partial charge < -0.3 is 16.0 Å². The molecule has 6 nitrogen and oxygen atoms in total. The fourth-order valence-corrected chi connectivity index (χ4v) is 3.89. The predicted molar refractivity (Wildman–Crippen MR) is 125 cm³/mol. The van der Waals surface area contributed by atoms with Crippen LogP contribution < -0.4 is 16.0 Å². The van der Waals surface area contributed by atoms with E-state index in [-0.39, 0.29) is 11.8 Å². The summed E-state index contributed by atoms with van der Waals surface area (Å²) in [6, 6.07) is 18.8. The fourth-order valence-electron chi connectivity index (χ4n) is 3.89. The van der Waals surface area contributed by atoms with Gasteiger partial charge in [0.1, 0.15) is 0 Å². The smallest absolute Gasteiger partial charge is 0.251 e. The van der Waals surface area contributed by atoms with Gasteiger partial charge in [-0.15, -0.1) is 0 Å². The monoisotopic (exact) mass is 428 g/mol. The highest BCUT2D eigenvalue weighted by molar-refractivity contribution is 5.95. The summed E-state index contributed by atoms with van der Waals surface area (Å²) in [5.74, 6) is 0.322. The lowest BCUT2D eigenvalue weighted by Crippen LogP contribution is -2.36. The Morgan fingerprint density at radius 1 is 0.844 bits per heavy atom. The third-order valence-electron chi connectivity index (χ3n) is 5.81. The molecule has 2 aromatic carbocycles. The van der Waals surface area contributed by atoms with E-state index in [9.17, 15) is 9.59 Å². The molecule has 0 atom stereocenters. The Kier molecular flexibility index (Phi) is 7.25. The minimum Gasteiger partial charge on any atom is -0.352 e. The molecule has 4 rings (SSSR count). The van der Waals surface area contributed by atoms with Gasteiger partial charge in [-0.25, -0.2) is 0 Å². The quantitative estimate of drug-likeness (QED) is 0.539. The summed E-state index contributed by atoms with van der Waals surface area (Å²) in [5.41, 5.74) is 4.20. The molecule has 1 aliphatic rings. The Balaban J connectivity index is 1.30. The summed E-state index contributed by atoms with van der Waals surface area (Å²) in [6.45, 7) is 3.10. The van der Waals surface area contributed by atoms with E-state index in [1.54, 1.807) is 18.5 Å².